The standard InChI is InChI=1S/C15H17N3O5/c1-23-13-7-9(16-15(20)10-8-12(10)18(21)22)4-5-11(13)17-6-2-3-14(17)19/h4-5,7,10,12H,2-3,6,8H2,1H3,(H,16,20)/t10-,12-/m1/s1. The van der Waals surface area contributed by atoms with Crippen molar-refractivity contribution < 1.29 is 19.2 Å². The quantitative estimate of drug-likeness (QED) is 0.653. The van der Waals surface area contributed by atoms with E-state index in [4.69, 9.17) is 4.74 Å². The summed E-state index contributed by atoms with van der Waals surface area (Å²) in [5.74, 6) is -0.402. The van der Waals surface area contributed by atoms with Gasteiger partial charge in [0.2, 0.25) is 17.9 Å². The third-order valence-electron chi connectivity index (χ3n) is 4.18. The van der Waals surface area contributed by atoms with Gasteiger partial charge in [0.15, 0.2) is 0 Å². The van der Waals surface area contributed by atoms with Crippen LogP contribution in [0.5, 0.6) is 5.75 Å². The Bertz CT molecular complexity index is 675. The van der Waals surface area contributed by atoms with Crippen LogP contribution in [0.1, 0.15) is 19.3 Å². The zero-order valence-corrected chi connectivity index (χ0v) is 12.7. The Kier molecular flexibility index (Phi) is 3.89. The summed E-state index contributed by atoms with van der Waals surface area (Å²) in [6.45, 7) is 0.646. The molecular formula is C15H17N3O5. The highest BCUT2D eigenvalue weighted by Crippen LogP contribution is 2.36. The molecule has 3 rings (SSSR count). The molecule has 1 aliphatic carbocycles. The third-order valence-corrected chi connectivity index (χ3v) is 4.18. The highest BCUT2D eigenvalue weighted by molar-refractivity contribution is 5.98. The minimum absolute atomic E-state index is 0.0480. The van der Waals surface area contributed by atoms with Gasteiger partial charge in [-0.25, -0.2) is 0 Å². The first-order valence-electron chi connectivity index (χ1n) is 7.44. The smallest absolute Gasteiger partial charge is 0.234 e. The van der Waals surface area contributed by atoms with E-state index >= 15 is 0 Å². The predicted octanol–water partition coefficient (Wildman–Crippen LogP) is 1.43. The lowest BCUT2D eigenvalue weighted by Gasteiger charge is -2.19. The molecule has 0 spiro atoms. The number of carbonyl (C=O) groups excluding carboxylic acids is 2. The number of ether oxygens (including phenoxy) is 1. The van der Waals surface area contributed by atoms with Crippen molar-refractivity contribution in [3.8, 4) is 5.75 Å². The Morgan fingerprint density at radius 3 is 2.83 bits per heavy atom. The number of hydrogen-bond donors (Lipinski definition) is 1. The first kappa shape index (κ1) is 15.3. The summed E-state index contributed by atoms with van der Waals surface area (Å²) in [6, 6.07) is 4.24. The summed E-state index contributed by atoms with van der Waals surface area (Å²) in [7, 11) is 1.49. The summed E-state index contributed by atoms with van der Waals surface area (Å²) < 4.78 is 5.31. The van der Waals surface area contributed by atoms with Crippen LogP contribution in [-0.2, 0) is 9.59 Å². The molecule has 8 heteroatoms. The average Bonchev–Trinajstić information content (AvgIpc) is 3.23. The molecule has 0 unspecified atom stereocenters. The molecule has 2 amide bonds. The first-order valence-corrected chi connectivity index (χ1v) is 7.44. The molecule has 23 heavy (non-hydrogen) atoms. The zero-order valence-electron chi connectivity index (χ0n) is 12.7. The summed E-state index contributed by atoms with van der Waals surface area (Å²) in [6.07, 6.45) is 1.60. The second kappa shape index (κ2) is 5.86. The van der Waals surface area contributed by atoms with E-state index < -0.39 is 16.9 Å². The highest BCUT2D eigenvalue weighted by Gasteiger charge is 2.53. The second-order valence-electron chi connectivity index (χ2n) is 5.72. The minimum Gasteiger partial charge on any atom is -0.494 e. The normalized spacial score (nSPS) is 22.8. The van der Waals surface area contributed by atoms with Gasteiger partial charge in [0.05, 0.1) is 12.8 Å². The third kappa shape index (κ3) is 2.96. The van der Waals surface area contributed by atoms with Crippen LogP contribution in [0.15, 0.2) is 18.2 Å². The van der Waals surface area contributed by atoms with Crippen LogP contribution in [0.3, 0.4) is 0 Å². The number of anilines is 2. The molecule has 1 heterocycles. The fourth-order valence-corrected chi connectivity index (χ4v) is 2.81. The van der Waals surface area contributed by atoms with Crippen molar-refractivity contribution in [3.05, 3.63) is 28.3 Å². The largest absolute Gasteiger partial charge is 0.494 e. The van der Waals surface area contributed by atoms with E-state index in [9.17, 15) is 19.7 Å². The van der Waals surface area contributed by atoms with Crippen molar-refractivity contribution in [1.82, 2.24) is 0 Å². The zero-order chi connectivity index (χ0) is 16.6. The molecule has 2 atom stereocenters. The number of methoxy groups -OCH3 is 1. The van der Waals surface area contributed by atoms with Crippen LogP contribution in [0.4, 0.5) is 11.4 Å². The maximum Gasteiger partial charge on any atom is 0.234 e. The van der Waals surface area contributed by atoms with Crippen LogP contribution in [0.2, 0.25) is 0 Å². The van der Waals surface area contributed by atoms with Gasteiger partial charge in [-0.05, 0) is 18.6 Å². The number of hydrogen-bond acceptors (Lipinski definition) is 5. The predicted molar refractivity (Wildman–Crippen MR) is 82.1 cm³/mol. The van der Waals surface area contributed by atoms with Crippen molar-refractivity contribution in [2.24, 2.45) is 5.92 Å². The summed E-state index contributed by atoms with van der Waals surface area (Å²) >= 11 is 0. The molecule has 0 radical (unpaired) electrons. The second-order valence-corrected chi connectivity index (χ2v) is 5.72. The Hall–Kier alpha value is -2.64. The van der Waals surface area contributed by atoms with E-state index in [0.717, 1.165) is 6.42 Å². The van der Waals surface area contributed by atoms with Crippen LogP contribution < -0.4 is 15.0 Å². The molecular weight excluding hydrogens is 302 g/mol. The molecule has 1 saturated heterocycles. The van der Waals surface area contributed by atoms with Gasteiger partial charge in [-0.15, -0.1) is 0 Å². The van der Waals surface area contributed by atoms with Gasteiger partial charge in [0.25, 0.3) is 0 Å². The van der Waals surface area contributed by atoms with Gasteiger partial charge in [0.1, 0.15) is 11.7 Å². The molecule has 1 saturated carbocycles. The number of nitro groups is 1. The Morgan fingerprint density at radius 1 is 1.48 bits per heavy atom. The van der Waals surface area contributed by atoms with Gasteiger partial charge in [-0.2, -0.15) is 0 Å². The van der Waals surface area contributed by atoms with E-state index in [-0.39, 0.29) is 18.2 Å². The summed E-state index contributed by atoms with van der Waals surface area (Å²) in [5, 5.41) is 13.3. The lowest BCUT2D eigenvalue weighted by atomic mass is 10.2. The molecule has 0 bridgehead atoms. The molecule has 1 aromatic carbocycles. The fraction of sp³-hybridized carbons (Fsp3) is 0.467. The van der Waals surface area contributed by atoms with E-state index in [2.05, 4.69) is 5.32 Å². The number of nitrogens with zero attached hydrogens (tertiary/aromatic N) is 2. The van der Waals surface area contributed by atoms with Crippen molar-refractivity contribution in [2.75, 3.05) is 23.9 Å². The van der Waals surface area contributed by atoms with Gasteiger partial charge in [-0.1, -0.05) is 0 Å². The number of rotatable bonds is 5. The van der Waals surface area contributed by atoms with E-state index in [1.54, 1.807) is 23.1 Å². The molecule has 1 N–H and O–H groups in total. The lowest BCUT2D eigenvalue weighted by Crippen LogP contribution is -2.24. The Balaban J connectivity index is 1.73. The van der Waals surface area contributed by atoms with Gasteiger partial charge in [-0.3, -0.25) is 19.7 Å². The van der Waals surface area contributed by atoms with Gasteiger partial charge >= 0.3 is 0 Å². The van der Waals surface area contributed by atoms with Crippen molar-refractivity contribution in [1.29, 1.82) is 0 Å². The average molecular weight is 319 g/mol. The molecule has 0 aromatic heterocycles. The maximum atomic E-state index is 12.0. The molecule has 1 aliphatic heterocycles. The van der Waals surface area contributed by atoms with Crippen LogP contribution >= 0.6 is 0 Å². The van der Waals surface area contributed by atoms with Crippen LogP contribution in [0.25, 0.3) is 0 Å². The topological polar surface area (TPSA) is 102 Å². The molecule has 2 aliphatic rings. The summed E-state index contributed by atoms with van der Waals surface area (Å²) in [5.41, 5.74) is 1.17. The number of carbonyl (C=O) groups is 2. The van der Waals surface area contributed by atoms with Crippen LogP contribution in [0, 0.1) is 16.0 Å². The number of nitrogens with one attached hydrogen (secondary N) is 1. The summed E-state index contributed by atoms with van der Waals surface area (Å²) in [4.78, 5) is 35.7. The Morgan fingerprint density at radius 2 is 2.26 bits per heavy atom. The van der Waals surface area contributed by atoms with Gasteiger partial charge < -0.3 is 15.0 Å². The highest BCUT2D eigenvalue weighted by atomic mass is 16.6. The molecule has 8 nitrogen and oxygen atoms in total. The van der Waals surface area contributed by atoms with Crippen molar-refractivity contribution >= 4 is 23.2 Å². The Labute approximate surface area is 132 Å². The van der Waals surface area contributed by atoms with E-state index in [1.807, 2.05) is 0 Å². The SMILES string of the molecule is COc1cc(NC(=O)[C@@H]2C[C@H]2[N+](=O)[O-])ccc1N1CCCC1=O. The van der Waals surface area contributed by atoms with Gasteiger partial charge in [0, 0.05) is 36.1 Å². The van der Waals surface area contributed by atoms with Crippen molar-refractivity contribution in [3.63, 3.8) is 0 Å². The monoisotopic (exact) mass is 319 g/mol. The maximum absolute atomic E-state index is 12.0. The van der Waals surface area contributed by atoms with Crippen LogP contribution in [-0.4, -0.2) is 36.4 Å². The molecule has 122 valence electrons. The van der Waals surface area contributed by atoms with Crippen molar-refractivity contribution in [2.45, 2.75) is 25.3 Å². The number of amides is 2. The fourth-order valence-electron chi connectivity index (χ4n) is 2.81. The minimum atomic E-state index is -0.779. The first-order chi connectivity index (χ1) is 11.0. The van der Waals surface area contributed by atoms with E-state index in [0.29, 0.717) is 30.1 Å². The lowest BCUT2D eigenvalue weighted by molar-refractivity contribution is -0.497. The van der Waals surface area contributed by atoms with E-state index in [1.165, 1.54) is 7.11 Å². The molecule has 2 fully saturated rings. The number of benzene rings is 1. The molecule has 1 aromatic rings.